The zero-order valence-corrected chi connectivity index (χ0v) is 21.5. The highest BCUT2D eigenvalue weighted by Gasteiger charge is 2.53. The van der Waals surface area contributed by atoms with Gasteiger partial charge in [-0.05, 0) is 48.8 Å². The van der Waals surface area contributed by atoms with Crippen LogP contribution in [-0.2, 0) is 40.6 Å². The Morgan fingerprint density at radius 2 is 1.92 bits per heavy atom. The van der Waals surface area contributed by atoms with Crippen LogP contribution in [0.3, 0.4) is 0 Å². The highest BCUT2D eigenvalue weighted by atomic mass is 32.2. The minimum Gasteiger partial charge on any atom is -0.329 e. The van der Waals surface area contributed by atoms with E-state index >= 15 is 0 Å². The third-order valence-corrected chi connectivity index (χ3v) is 8.81. The van der Waals surface area contributed by atoms with Gasteiger partial charge in [-0.1, -0.05) is 29.8 Å². The van der Waals surface area contributed by atoms with Crippen molar-refractivity contribution in [3.05, 3.63) is 59.2 Å². The smallest absolute Gasteiger partial charge is 0.329 e. The highest BCUT2D eigenvalue weighted by Crippen LogP contribution is 2.32. The number of rotatable bonds is 7. The molecule has 5 rings (SSSR count). The summed E-state index contributed by atoms with van der Waals surface area (Å²) < 4.78 is 65.2. The van der Waals surface area contributed by atoms with Gasteiger partial charge in [0.15, 0.2) is 0 Å². The molecule has 2 aromatic rings. The predicted octanol–water partition coefficient (Wildman–Crippen LogP) is 2.16. The van der Waals surface area contributed by atoms with Crippen LogP contribution >= 0.6 is 0 Å². The van der Waals surface area contributed by atoms with Gasteiger partial charge in [0, 0.05) is 44.7 Å². The maximum Gasteiger partial charge on any atom is 0.516 e. The van der Waals surface area contributed by atoms with Gasteiger partial charge in [0.05, 0.1) is 11.7 Å². The lowest BCUT2D eigenvalue weighted by Crippen LogP contribution is -2.53. The number of hydrogen-bond donors (Lipinski definition) is 2. The summed E-state index contributed by atoms with van der Waals surface area (Å²) in [5.74, 6) is -0.868. The molecular weight excluding hydrogens is 523 g/mol. The van der Waals surface area contributed by atoms with Crippen molar-refractivity contribution in [3.8, 4) is 0 Å². The second-order valence-corrected chi connectivity index (χ2v) is 11.7. The molecule has 1 amide bonds. The summed E-state index contributed by atoms with van der Waals surface area (Å²) in [4.78, 5) is 12.3. The molecule has 3 aliphatic rings. The van der Waals surface area contributed by atoms with Crippen LogP contribution in [0.25, 0.3) is 0 Å². The molecule has 0 saturated carbocycles. The second kappa shape index (κ2) is 10.7. The first-order chi connectivity index (χ1) is 18.1. The number of halogens is 3. The molecule has 38 heavy (non-hydrogen) atoms. The predicted molar refractivity (Wildman–Crippen MR) is 131 cm³/mol. The van der Waals surface area contributed by atoms with Gasteiger partial charge in [0.1, 0.15) is 6.04 Å². The van der Waals surface area contributed by atoms with Crippen molar-refractivity contribution in [2.24, 2.45) is 0 Å². The van der Waals surface area contributed by atoms with Gasteiger partial charge in [0.25, 0.3) is 0 Å². The molecule has 206 valence electrons. The third kappa shape index (κ3) is 5.57. The lowest BCUT2D eigenvalue weighted by Gasteiger charge is -2.31. The minimum absolute atomic E-state index is 0.0101. The number of nitrogens with one attached hydrogen (secondary N) is 2. The number of carbonyl (C=O) groups is 1. The van der Waals surface area contributed by atoms with Crippen LogP contribution in [0.5, 0.6) is 0 Å². The normalized spacial score (nSPS) is 22.8. The number of piperidine rings is 1. The van der Waals surface area contributed by atoms with Crippen LogP contribution in [0.4, 0.5) is 13.2 Å². The third-order valence-electron chi connectivity index (χ3n) is 7.30. The Bertz CT molecular complexity index is 1310. The Kier molecular flexibility index (Phi) is 7.47. The average Bonchev–Trinajstić information content (AvgIpc) is 3.36. The first-order valence-corrected chi connectivity index (χ1v) is 14.1. The number of amides is 1. The standard InChI is InChI=1S/C24H30F3N7O3S/c25-24(26,27)38(36,37)34-11-8-28-23(35)22(34)14-20-16-33(31-30-20)21-7-6-18-5-4-17(12-19(18)13-21)15-29-32-9-2-1-3-10-32/h4-5,8,11-12,16,21-22,29H,1-3,6-7,9-10,13-15H2,(H,28,35). The number of alkyl halides is 3. The van der Waals surface area contributed by atoms with Crippen molar-refractivity contribution in [1.82, 2.24) is 35.1 Å². The lowest BCUT2D eigenvalue weighted by molar-refractivity contribution is -0.124. The summed E-state index contributed by atoms with van der Waals surface area (Å²) >= 11 is 0. The van der Waals surface area contributed by atoms with Gasteiger partial charge >= 0.3 is 15.5 Å². The quantitative estimate of drug-likeness (QED) is 0.541. The number of fused-ring (bicyclic) bond motifs is 1. The van der Waals surface area contributed by atoms with Gasteiger partial charge in [-0.2, -0.15) is 21.6 Å². The SMILES string of the molecule is O=C1NC=CN(S(=O)(=O)C(F)(F)F)C1Cc1cn(C2CCc3ccc(CNN4CCCCC4)cc3C2)nn1. The van der Waals surface area contributed by atoms with Crippen molar-refractivity contribution >= 4 is 15.9 Å². The van der Waals surface area contributed by atoms with Gasteiger partial charge in [-0.15, -0.1) is 5.10 Å². The van der Waals surface area contributed by atoms with E-state index in [4.69, 9.17) is 0 Å². The largest absolute Gasteiger partial charge is 0.516 e. The van der Waals surface area contributed by atoms with Gasteiger partial charge < -0.3 is 5.32 Å². The van der Waals surface area contributed by atoms with E-state index in [-0.39, 0.29) is 22.5 Å². The minimum atomic E-state index is -5.74. The number of nitrogens with zero attached hydrogens (tertiary/aromatic N) is 5. The second-order valence-electron chi connectivity index (χ2n) is 9.90. The van der Waals surface area contributed by atoms with Crippen molar-refractivity contribution in [3.63, 3.8) is 0 Å². The maximum absolute atomic E-state index is 13.2. The average molecular weight is 554 g/mol. The van der Waals surface area contributed by atoms with Crippen LogP contribution in [-0.4, -0.2) is 63.3 Å². The van der Waals surface area contributed by atoms with Gasteiger partial charge in [-0.25, -0.2) is 9.69 Å². The molecular formula is C24H30F3N7O3S. The molecule has 1 aromatic heterocycles. The van der Waals surface area contributed by atoms with E-state index < -0.39 is 27.5 Å². The molecule has 0 spiro atoms. The topological polar surface area (TPSA) is 112 Å². The summed E-state index contributed by atoms with van der Waals surface area (Å²) in [7, 11) is -5.74. The van der Waals surface area contributed by atoms with E-state index in [0.717, 1.165) is 45.1 Å². The fourth-order valence-corrected chi connectivity index (χ4v) is 6.19. The van der Waals surface area contributed by atoms with Crippen molar-refractivity contribution in [1.29, 1.82) is 0 Å². The molecule has 2 atom stereocenters. The zero-order valence-electron chi connectivity index (χ0n) is 20.7. The Morgan fingerprint density at radius 1 is 1.13 bits per heavy atom. The monoisotopic (exact) mass is 553 g/mol. The Hall–Kier alpha value is -2.97. The van der Waals surface area contributed by atoms with Crippen molar-refractivity contribution in [2.45, 2.75) is 69.1 Å². The number of benzene rings is 1. The van der Waals surface area contributed by atoms with Gasteiger partial charge in [-0.3, -0.25) is 14.5 Å². The molecule has 0 bridgehead atoms. The van der Waals surface area contributed by atoms with Crippen molar-refractivity contribution in [2.75, 3.05) is 13.1 Å². The number of aryl methyl sites for hydroxylation is 1. The number of hydrogen-bond acceptors (Lipinski definition) is 7. The van der Waals surface area contributed by atoms with Crippen LogP contribution in [0.1, 0.15) is 54.1 Å². The number of carbonyl (C=O) groups excluding carboxylic acids is 1. The van der Waals surface area contributed by atoms with E-state index in [1.165, 1.54) is 36.0 Å². The van der Waals surface area contributed by atoms with E-state index in [1.807, 2.05) is 0 Å². The first-order valence-electron chi connectivity index (χ1n) is 12.7. The fraction of sp³-hybridized carbons (Fsp3) is 0.542. The molecule has 1 aromatic carbocycles. The Labute approximate surface area is 218 Å². The molecule has 0 radical (unpaired) electrons. The van der Waals surface area contributed by atoms with E-state index in [2.05, 4.69) is 44.3 Å². The van der Waals surface area contributed by atoms with E-state index in [9.17, 15) is 26.4 Å². The van der Waals surface area contributed by atoms with Gasteiger partial charge in [0.2, 0.25) is 5.91 Å². The number of aromatic nitrogens is 3. The van der Waals surface area contributed by atoms with E-state index in [1.54, 1.807) is 10.9 Å². The molecule has 10 nitrogen and oxygen atoms in total. The van der Waals surface area contributed by atoms with Crippen LogP contribution in [0, 0.1) is 0 Å². The van der Waals surface area contributed by atoms with E-state index in [0.29, 0.717) is 6.20 Å². The molecule has 1 saturated heterocycles. The summed E-state index contributed by atoms with van der Waals surface area (Å²) in [6.07, 6.45) is 8.88. The maximum atomic E-state index is 13.2. The van der Waals surface area contributed by atoms with Crippen LogP contribution in [0.15, 0.2) is 36.8 Å². The van der Waals surface area contributed by atoms with Crippen LogP contribution < -0.4 is 10.7 Å². The summed E-state index contributed by atoms with van der Waals surface area (Å²) in [6.45, 7) is 2.86. The summed E-state index contributed by atoms with van der Waals surface area (Å²) in [5, 5.41) is 12.7. The Morgan fingerprint density at radius 3 is 2.68 bits per heavy atom. The first kappa shape index (κ1) is 26.6. The molecule has 1 fully saturated rings. The highest BCUT2D eigenvalue weighted by molar-refractivity contribution is 7.90. The number of sulfonamides is 1. The summed E-state index contributed by atoms with van der Waals surface area (Å²) in [6, 6.07) is 4.88. The zero-order chi connectivity index (χ0) is 26.9. The molecule has 2 aliphatic heterocycles. The number of hydrazine groups is 1. The molecule has 3 heterocycles. The molecule has 2 unspecified atom stereocenters. The van der Waals surface area contributed by atoms with Crippen molar-refractivity contribution < 1.29 is 26.4 Å². The van der Waals surface area contributed by atoms with Crippen LogP contribution in [0.2, 0.25) is 0 Å². The molecule has 14 heteroatoms. The summed E-state index contributed by atoms with van der Waals surface area (Å²) in [5.41, 5.74) is 1.89. The Balaban J connectivity index is 1.26. The molecule has 1 aliphatic carbocycles. The molecule has 2 N–H and O–H groups in total. The lowest BCUT2D eigenvalue weighted by atomic mass is 9.87. The fourth-order valence-electron chi connectivity index (χ4n) is 5.22.